The number of rotatable bonds is 5. The van der Waals surface area contributed by atoms with Crippen molar-refractivity contribution >= 4 is 11.9 Å². The molecule has 0 bridgehead atoms. The van der Waals surface area contributed by atoms with E-state index < -0.39 is 11.6 Å². The van der Waals surface area contributed by atoms with Gasteiger partial charge in [-0.3, -0.25) is 9.69 Å². The number of piperazine rings is 1. The van der Waals surface area contributed by atoms with Crippen molar-refractivity contribution in [1.82, 2.24) is 20.0 Å². The van der Waals surface area contributed by atoms with Crippen LogP contribution in [0.5, 0.6) is 0 Å². The Hall–Kier alpha value is -2.22. The van der Waals surface area contributed by atoms with E-state index in [1.165, 1.54) is 6.07 Å². The molecule has 160 valence electrons. The van der Waals surface area contributed by atoms with Gasteiger partial charge in [-0.25, -0.2) is 13.8 Å². The molecular formula is C21H31F2N5O. The second-order valence-corrected chi connectivity index (χ2v) is 7.64. The third kappa shape index (κ3) is 5.44. The van der Waals surface area contributed by atoms with Crippen LogP contribution in [0, 0.1) is 11.6 Å². The molecule has 0 aliphatic carbocycles. The fraction of sp³-hybridized carbons (Fsp3) is 0.619. The maximum Gasteiger partial charge on any atom is 0.239 e. The lowest BCUT2D eigenvalue weighted by Crippen LogP contribution is -2.57. The maximum absolute atomic E-state index is 13.9. The first kappa shape index (κ1) is 21.5. The fourth-order valence-electron chi connectivity index (χ4n) is 3.93. The highest BCUT2D eigenvalue weighted by Gasteiger charge is 2.30. The lowest BCUT2D eigenvalue weighted by molar-refractivity contribution is -0.135. The predicted octanol–water partition coefficient (Wildman–Crippen LogP) is 2.06. The molecule has 1 aromatic carbocycles. The molecule has 6 nitrogen and oxygen atoms in total. The van der Waals surface area contributed by atoms with Crippen molar-refractivity contribution in [3.05, 3.63) is 35.4 Å². The van der Waals surface area contributed by atoms with Gasteiger partial charge in [0.25, 0.3) is 0 Å². The van der Waals surface area contributed by atoms with Crippen molar-refractivity contribution in [2.45, 2.75) is 39.3 Å². The maximum atomic E-state index is 13.9. The summed E-state index contributed by atoms with van der Waals surface area (Å²) in [7, 11) is 0. The molecule has 0 radical (unpaired) electrons. The molecule has 1 atom stereocenters. The lowest BCUT2D eigenvalue weighted by atomic mass is 10.2. The summed E-state index contributed by atoms with van der Waals surface area (Å²) in [5.74, 6) is -0.00984. The average molecular weight is 408 g/mol. The Bertz CT molecular complexity index is 728. The number of benzene rings is 1. The van der Waals surface area contributed by atoms with Crippen LogP contribution in [0.15, 0.2) is 23.2 Å². The molecule has 1 N–H and O–H groups in total. The Morgan fingerprint density at radius 3 is 2.45 bits per heavy atom. The van der Waals surface area contributed by atoms with Gasteiger partial charge >= 0.3 is 0 Å². The largest absolute Gasteiger partial charge is 0.357 e. The van der Waals surface area contributed by atoms with Crippen molar-refractivity contribution in [1.29, 1.82) is 0 Å². The van der Waals surface area contributed by atoms with Crippen molar-refractivity contribution in [2.24, 2.45) is 4.99 Å². The number of aliphatic imine (C=N–C) groups is 1. The smallest absolute Gasteiger partial charge is 0.239 e. The Morgan fingerprint density at radius 1 is 1.10 bits per heavy atom. The summed E-state index contributed by atoms with van der Waals surface area (Å²) in [6.07, 6.45) is 2.20. The normalized spacial score (nSPS) is 19.5. The summed E-state index contributed by atoms with van der Waals surface area (Å²) in [5, 5.41) is 3.23. The van der Waals surface area contributed by atoms with Crippen LogP contribution in [0.3, 0.4) is 0 Å². The van der Waals surface area contributed by atoms with Gasteiger partial charge in [0.05, 0.1) is 12.6 Å². The van der Waals surface area contributed by atoms with E-state index in [9.17, 15) is 13.6 Å². The zero-order valence-corrected chi connectivity index (χ0v) is 17.3. The third-order valence-electron chi connectivity index (χ3n) is 5.68. The van der Waals surface area contributed by atoms with Gasteiger partial charge in [-0.15, -0.1) is 0 Å². The number of carbonyl (C=O) groups excluding carboxylic acids is 1. The molecule has 8 heteroatoms. The Morgan fingerprint density at radius 2 is 1.79 bits per heavy atom. The first-order chi connectivity index (χ1) is 14.0. The second-order valence-electron chi connectivity index (χ2n) is 7.64. The highest BCUT2D eigenvalue weighted by Crippen LogP contribution is 2.15. The molecule has 2 aliphatic rings. The highest BCUT2D eigenvalue weighted by atomic mass is 19.1. The van der Waals surface area contributed by atoms with Crippen LogP contribution in [0.1, 0.15) is 32.3 Å². The van der Waals surface area contributed by atoms with Crippen molar-refractivity contribution in [2.75, 3.05) is 45.8 Å². The molecule has 0 saturated carbocycles. The number of carbonyl (C=O) groups is 1. The van der Waals surface area contributed by atoms with Crippen LogP contribution < -0.4 is 5.32 Å². The topological polar surface area (TPSA) is 51.2 Å². The summed E-state index contributed by atoms with van der Waals surface area (Å²) >= 11 is 0. The van der Waals surface area contributed by atoms with Crippen molar-refractivity contribution < 1.29 is 13.6 Å². The van der Waals surface area contributed by atoms with Crippen LogP contribution in [0.2, 0.25) is 0 Å². The number of hydrogen-bond donors (Lipinski definition) is 1. The monoisotopic (exact) mass is 407 g/mol. The van der Waals surface area contributed by atoms with Gasteiger partial charge in [0.2, 0.25) is 5.91 Å². The number of guanidine groups is 1. The minimum atomic E-state index is -0.466. The molecule has 0 spiro atoms. The van der Waals surface area contributed by atoms with Gasteiger partial charge in [0.15, 0.2) is 5.96 Å². The standard InChI is InChI=1S/C21H31F2N5O/c1-3-24-21(25-15-17-14-18(22)6-7-19(17)23)28-12-10-26(11-13-28)16(2)20(29)27-8-4-5-9-27/h6-7,14,16H,3-5,8-13,15H2,1-2H3,(H,24,25). The minimum absolute atomic E-state index is 0.0794. The first-order valence-electron chi connectivity index (χ1n) is 10.5. The third-order valence-corrected chi connectivity index (χ3v) is 5.68. The fourth-order valence-corrected chi connectivity index (χ4v) is 3.93. The van der Waals surface area contributed by atoms with Crippen molar-refractivity contribution in [3.8, 4) is 0 Å². The molecule has 2 aliphatic heterocycles. The van der Waals surface area contributed by atoms with E-state index >= 15 is 0 Å². The van der Waals surface area contributed by atoms with E-state index in [4.69, 9.17) is 0 Å². The highest BCUT2D eigenvalue weighted by molar-refractivity contribution is 5.82. The van der Waals surface area contributed by atoms with Gasteiger partial charge in [0, 0.05) is 51.4 Å². The van der Waals surface area contributed by atoms with Gasteiger partial charge < -0.3 is 15.1 Å². The Labute approximate surface area is 171 Å². The van der Waals surface area contributed by atoms with Crippen LogP contribution in [0.4, 0.5) is 8.78 Å². The van der Waals surface area contributed by atoms with Gasteiger partial charge in [0.1, 0.15) is 11.6 Å². The molecule has 1 amide bonds. The SMILES string of the molecule is CCNC(=NCc1cc(F)ccc1F)N1CCN(C(C)C(=O)N2CCCC2)CC1. The number of amides is 1. The summed E-state index contributed by atoms with van der Waals surface area (Å²) in [5.41, 5.74) is 0.240. The zero-order valence-electron chi connectivity index (χ0n) is 17.3. The number of nitrogens with one attached hydrogen (secondary N) is 1. The lowest BCUT2D eigenvalue weighted by Gasteiger charge is -2.39. The molecule has 1 unspecified atom stereocenters. The molecule has 2 heterocycles. The quantitative estimate of drug-likeness (QED) is 0.600. The Balaban J connectivity index is 1.59. The van der Waals surface area contributed by atoms with Crippen molar-refractivity contribution in [3.63, 3.8) is 0 Å². The van der Waals surface area contributed by atoms with Crippen LogP contribution >= 0.6 is 0 Å². The summed E-state index contributed by atoms with van der Waals surface area (Å²) < 4.78 is 27.3. The van der Waals surface area contributed by atoms with Crippen LogP contribution in [-0.2, 0) is 11.3 Å². The van der Waals surface area contributed by atoms with E-state index in [1.54, 1.807) is 0 Å². The minimum Gasteiger partial charge on any atom is -0.357 e. The molecule has 0 aromatic heterocycles. The number of halogens is 2. The van der Waals surface area contributed by atoms with E-state index in [0.29, 0.717) is 12.5 Å². The molecule has 2 fully saturated rings. The number of hydrogen-bond acceptors (Lipinski definition) is 3. The number of likely N-dealkylation sites (tertiary alicyclic amines) is 1. The van der Waals surface area contributed by atoms with E-state index in [0.717, 1.165) is 64.2 Å². The van der Waals surface area contributed by atoms with Gasteiger partial charge in [-0.05, 0) is 44.9 Å². The van der Waals surface area contributed by atoms with E-state index in [2.05, 4.69) is 20.1 Å². The predicted molar refractivity (Wildman–Crippen MR) is 110 cm³/mol. The van der Waals surface area contributed by atoms with Crippen LogP contribution in [-0.4, -0.2) is 78.4 Å². The molecule has 1 aromatic rings. The summed E-state index contributed by atoms with van der Waals surface area (Å²) in [4.78, 5) is 23.5. The van der Waals surface area contributed by atoms with Gasteiger partial charge in [-0.2, -0.15) is 0 Å². The summed E-state index contributed by atoms with van der Waals surface area (Å²) in [6, 6.07) is 3.31. The first-order valence-corrected chi connectivity index (χ1v) is 10.5. The molecule has 29 heavy (non-hydrogen) atoms. The molecule has 3 rings (SSSR count). The molecular weight excluding hydrogens is 376 g/mol. The zero-order chi connectivity index (χ0) is 20.8. The Kier molecular flexibility index (Phi) is 7.41. The van der Waals surface area contributed by atoms with Crippen LogP contribution in [0.25, 0.3) is 0 Å². The summed E-state index contributed by atoms with van der Waals surface area (Å²) in [6.45, 7) is 9.47. The second kappa shape index (κ2) is 10.0. The molecule has 2 saturated heterocycles. The van der Waals surface area contributed by atoms with E-state index in [1.807, 2.05) is 18.7 Å². The van der Waals surface area contributed by atoms with Gasteiger partial charge in [-0.1, -0.05) is 0 Å². The number of nitrogens with zero attached hydrogens (tertiary/aromatic N) is 4. The average Bonchev–Trinajstić information content (AvgIpc) is 3.27. The van der Waals surface area contributed by atoms with E-state index in [-0.39, 0.29) is 24.1 Å².